The van der Waals surface area contributed by atoms with Gasteiger partial charge in [0.15, 0.2) is 11.5 Å². The Kier molecular flexibility index (Phi) is 7.75. The molecule has 0 atom stereocenters. The first-order valence-electron chi connectivity index (χ1n) is 8.89. The molecule has 1 aliphatic heterocycles. The fraction of sp³-hybridized carbons (Fsp3) is 0.526. The predicted octanol–water partition coefficient (Wildman–Crippen LogP) is 1.85. The van der Waals surface area contributed by atoms with E-state index in [1.807, 2.05) is 11.0 Å². The molecule has 1 saturated heterocycles. The van der Waals surface area contributed by atoms with Crippen molar-refractivity contribution in [2.75, 3.05) is 33.4 Å². The molecule has 2 rings (SSSR count). The molecule has 1 N–H and O–H groups in total. The quantitative estimate of drug-likeness (QED) is 0.715. The molecule has 2 amide bonds. The Hall–Kier alpha value is -2.75. The number of hydrogen-bond acceptors (Lipinski definition) is 5. The molecule has 0 aromatic heterocycles. The van der Waals surface area contributed by atoms with Gasteiger partial charge in [-0.3, -0.25) is 9.59 Å². The number of nitriles is 1. The fourth-order valence-electron chi connectivity index (χ4n) is 2.79. The van der Waals surface area contributed by atoms with Crippen molar-refractivity contribution < 1.29 is 19.1 Å². The van der Waals surface area contributed by atoms with E-state index in [1.54, 1.807) is 18.2 Å². The monoisotopic (exact) mass is 359 g/mol. The number of amides is 2. The van der Waals surface area contributed by atoms with Gasteiger partial charge in [-0.05, 0) is 37.8 Å². The van der Waals surface area contributed by atoms with E-state index in [9.17, 15) is 9.59 Å². The maximum atomic E-state index is 12.0. The van der Waals surface area contributed by atoms with E-state index in [-0.39, 0.29) is 24.8 Å². The van der Waals surface area contributed by atoms with E-state index >= 15 is 0 Å². The second-order valence-electron chi connectivity index (χ2n) is 6.15. The number of piperidine rings is 1. The zero-order valence-corrected chi connectivity index (χ0v) is 15.1. The molecule has 1 aliphatic rings. The number of ether oxygens (including phenoxy) is 2. The maximum Gasteiger partial charge on any atom is 0.241 e. The average molecular weight is 359 g/mol. The third-order valence-electron chi connectivity index (χ3n) is 4.24. The van der Waals surface area contributed by atoms with E-state index in [4.69, 9.17) is 14.7 Å². The molecule has 0 bridgehead atoms. The molecule has 7 heteroatoms. The lowest BCUT2D eigenvalue weighted by Crippen LogP contribution is -2.42. The third kappa shape index (κ3) is 5.96. The molecule has 1 aromatic rings. The summed E-state index contributed by atoms with van der Waals surface area (Å²) in [5.74, 6) is 0.843. The second-order valence-corrected chi connectivity index (χ2v) is 6.15. The minimum absolute atomic E-state index is 0.0170. The van der Waals surface area contributed by atoms with Crippen molar-refractivity contribution in [3.05, 3.63) is 23.8 Å². The van der Waals surface area contributed by atoms with Gasteiger partial charge in [-0.25, -0.2) is 0 Å². The zero-order valence-electron chi connectivity index (χ0n) is 15.1. The first-order valence-corrected chi connectivity index (χ1v) is 8.89. The lowest BCUT2D eigenvalue weighted by molar-refractivity contribution is -0.133. The number of rotatable bonds is 8. The third-order valence-corrected chi connectivity index (χ3v) is 4.24. The summed E-state index contributed by atoms with van der Waals surface area (Å²) in [6, 6.07) is 6.97. The summed E-state index contributed by atoms with van der Waals surface area (Å²) in [7, 11) is 1.51. The van der Waals surface area contributed by atoms with Crippen LogP contribution in [0, 0.1) is 11.3 Å². The minimum Gasteiger partial charge on any atom is -0.493 e. The SMILES string of the molecule is COc1cc(C#N)ccc1OCCCC(=O)NCC(=O)N1CCCCC1. The molecule has 0 spiro atoms. The number of carbonyl (C=O) groups is 2. The van der Waals surface area contributed by atoms with Gasteiger partial charge in [0.2, 0.25) is 11.8 Å². The molecule has 140 valence electrons. The highest BCUT2D eigenvalue weighted by Gasteiger charge is 2.16. The van der Waals surface area contributed by atoms with E-state index in [1.165, 1.54) is 13.5 Å². The van der Waals surface area contributed by atoms with Crippen LogP contribution in [-0.4, -0.2) is 50.1 Å². The summed E-state index contributed by atoms with van der Waals surface area (Å²) in [5, 5.41) is 11.5. The van der Waals surface area contributed by atoms with Gasteiger partial charge >= 0.3 is 0 Å². The van der Waals surface area contributed by atoms with Crippen LogP contribution in [0.1, 0.15) is 37.7 Å². The van der Waals surface area contributed by atoms with Gasteiger partial charge in [-0.1, -0.05) is 0 Å². The highest BCUT2D eigenvalue weighted by Crippen LogP contribution is 2.27. The Balaban J connectivity index is 1.65. The first-order chi connectivity index (χ1) is 12.6. The Morgan fingerprint density at radius 2 is 2.00 bits per heavy atom. The topological polar surface area (TPSA) is 91.7 Å². The summed E-state index contributed by atoms with van der Waals surface area (Å²) in [6.07, 6.45) is 4.05. The van der Waals surface area contributed by atoms with Crippen LogP contribution in [0.3, 0.4) is 0 Å². The average Bonchev–Trinajstić information content (AvgIpc) is 2.70. The van der Waals surface area contributed by atoms with Gasteiger partial charge in [-0.2, -0.15) is 5.26 Å². The number of benzene rings is 1. The number of likely N-dealkylation sites (tertiary alicyclic amines) is 1. The summed E-state index contributed by atoms with van der Waals surface area (Å²) < 4.78 is 10.8. The van der Waals surface area contributed by atoms with Crippen LogP contribution in [0.5, 0.6) is 11.5 Å². The van der Waals surface area contributed by atoms with Gasteiger partial charge < -0.3 is 19.7 Å². The normalized spacial score (nSPS) is 13.6. The van der Waals surface area contributed by atoms with E-state index < -0.39 is 0 Å². The molecule has 0 aliphatic carbocycles. The summed E-state index contributed by atoms with van der Waals surface area (Å²) in [6.45, 7) is 1.98. The van der Waals surface area contributed by atoms with E-state index in [2.05, 4.69) is 5.32 Å². The van der Waals surface area contributed by atoms with Crippen LogP contribution >= 0.6 is 0 Å². The van der Waals surface area contributed by atoms with Crippen LogP contribution in [0.4, 0.5) is 0 Å². The Bertz CT molecular complexity index is 663. The predicted molar refractivity (Wildman–Crippen MR) is 95.9 cm³/mol. The Morgan fingerprint density at radius 1 is 1.23 bits per heavy atom. The minimum atomic E-state index is -0.161. The number of nitrogens with one attached hydrogen (secondary N) is 1. The van der Waals surface area contributed by atoms with Crippen LogP contribution in [-0.2, 0) is 9.59 Å². The fourth-order valence-corrected chi connectivity index (χ4v) is 2.79. The largest absolute Gasteiger partial charge is 0.493 e. The van der Waals surface area contributed by atoms with E-state index in [0.717, 1.165) is 25.9 Å². The molecule has 0 radical (unpaired) electrons. The van der Waals surface area contributed by atoms with Crippen molar-refractivity contribution in [2.45, 2.75) is 32.1 Å². The molecule has 0 saturated carbocycles. The summed E-state index contributed by atoms with van der Waals surface area (Å²) in [4.78, 5) is 25.6. The van der Waals surface area contributed by atoms with Gasteiger partial charge in [0.25, 0.3) is 0 Å². The molecule has 1 aromatic carbocycles. The molecule has 7 nitrogen and oxygen atoms in total. The number of nitrogens with zero attached hydrogens (tertiary/aromatic N) is 2. The van der Waals surface area contributed by atoms with Crippen molar-refractivity contribution in [3.63, 3.8) is 0 Å². The lowest BCUT2D eigenvalue weighted by Gasteiger charge is -2.26. The van der Waals surface area contributed by atoms with Crippen LogP contribution in [0.2, 0.25) is 0 Å². The molecular weight excluding hydrogens is 334 g/mol. The zero-order chi connectivity index (χ0) is 18.8. The van der Waals surface area contributed by atoms with Gasteiger partial charge in [0.1, 0.15) is 0 Å². The summed E-state index contributed by atoms with van der Waals surface area (Å²) >= 11 is 0. The molecular formula is C19H25N3O4. The Morgan fingerprint density at radius 3 is 2.69 bits per heavy atom. The molecule has 1 fully saturated rings. The Labute approximate surface area is 153 Å². The highest BCUT2D eigenvalue weighted by atomic mass is 16.5. The van der Waals surface area contributed by atoms with Crippen molar-refractivity contribution in [1.29, 1.82) is 5.26 Å². The van der Waals surface area contributed by atoms with Gasteiger partial charge in [-0.15, -0.1) is 0 Å². The number of carbonyl (C=O) groups excluding carboxylic acids is 2. The van der Waals surface area contributed by atoms with Crippen LogP contribution in [0.15, 0.2) is 18.2 Å². The maximum absolute atomic E-state index is 12.0. The molecule has 26 heavy (non-hydrogen) atoms. The van der Waals surface area contributed by atoms with Crippen molar-refractivity contribution >= 4 is 11.8 Å². The van der Waals surface area contributed by atoms with Crippen molar-refractivity contribution in [2.24, 2.45) is 0 Å². The first kappa shape index (κ1) is 19.6. The number of hydrogen-bond donors (Lipinski definition) is 1. The lowest BCUT2D eigenvalue weighted by atomic mass is 10.1. The van der Waals surface area contributed by atoms with E-state index in [0.29, 0.717) is 30.1 Å². The number of methoxy groups -OCH3 is 1. The van der Waals surface area contributed by atoms with Crippen molar-refractivity contribution in [1.82, 2.24) is 10.2 Å². The summed E-state index contributed by atoms with van der Waals surface area (Å²) in [5.41, 5.74) is 0.493. The smallest absolute Gasteiger partial charge is 0.241 e. The standard InChI is InChI=1S/C19H25N3O4/c1-25-17-12-15(13-20)7-8-16(17)26-11-5-6-18(23)21-14-19(24)22-9-3-2-4-10-22/h7-8,12H,2-6,9-11,14H2,1H3,(H,21,23). The highest BCUT2D eigenvalue weighted by molar-refractivity contribution is 5.84. The van der Waals surface area contributed by atoms with Gasteiger partial charge in [0.05, 0.1) is 31.9 Å². The second kappa shape index (κ2) is 10.3. The van der Waals surface area contributed by atoms with Crippen molar-refractivity contribution in [3.8, 4) is 17.6 Å². The van der Waals surface area contributed by atoms with Crippen LogP contribution < -0.4 is 14.8 Å². The molecule has 0 unspecified atom stereocenters. The van der Waals surface area contributed by atoms with Gasteiger partial charge in [0, 0.05) is 25.6 Å². The van der Waals surface area contributed by atoms with Crippen LogP contribution in [0.25, 0.3) is 0 Å². The molecule has 1 heterocycles.